The maximum Gasteiger partial charge on any atom is 0.331 e. The molecule has 14 atom stereocenters. The molecule has 0 aromatic heterocycles. The molecule has 2 unspecified atom stereocenters. The number of allylic oxidation sites excluding steroid dienone is 4. The predicted octanol–water partition coefficient (Wildman–Crippen LogP) is 6.95. The van der Waals surface area contributed by atoms with Gasteiger partial charge in [0.05, 0.1) is 75.2 Å². The van der Waals surface area contributed by atoms with Gasteiger partial charge in [0.25, 0.3) is 0 Å². The van der Waals surface area contributed by atoms with Crippen molar-refractivity contribution in [3.05, 3.63) is 125 Å². The number of benzene rings is 4. The van der Waals surface area contributed by atoms with Crippen molar-refractivity contribution in [2.24, 2.45) is 0 Å². The minimum atomic E-state index is -1.43. The second-order valence-electron chi connectivity index (χ2n) is 30.1. The van der Waals surface area contributed by atoms with Crippen LogP contribution < -0.4 is 48.5 Å². The molecule has 14 heterocycles. The number of aliphatic hydroxyl groups is 1. The molecule has 4 aromatic carbocycles. The van der Waals surface area contributed by atoms with Gasteiger partial charge in [-0.2, -0.15) is 5.26 Å². The molecule has 4 fully saturated rings. The number of thioether (sulfide) groups is 2. The Hall–Kier alpha value is -9.69. The zero-order chi connectivity index (χ0) is 78.4. The Morgan fingerprint density at radius 3 is 1.38 bits per heavy atom. The van der Waals surface area contributed by atoms with Gasteiger partial charge in [0.1, 0.15) is 37.0 Å². The van der Waals surface area contributed by atoms with E-state index in [0.717, 1.165) is 11.1 Å². The molecule has 114 heavy (non-hydrogen) atoms. The molecule has 4 saturated heterocycles. The minimum Gasteiger partial charge on any atom is -0.504 e. The number of aliphatic hydroxyl groups excluding tert-OH is 1. The molecular weight excluding hydrogens is 1520 g/mol. The quantitative estimate of drug-likeness (QED) is 0.0740. The average Bonchev–Trinajstić information content (AvgIpc) is 0.978. The lowest BCUT2D eigenvalue weighted by molar-refractivity contribution is -0.181. The van der Waals surface area contributed by atoms with Gasteiger partial charge in [-0.25, -0.2) is 9.59 Å². The molecule has 20 rings (SSSR count). The number of nitrogens with zero attached hydrogens (tertiary/aromatic N) is 5. The lowest BCUT2D eigenvalue weighted by atomic mass is 9.68. The normalized spacial score (nSPS) is 30.0. The summed E-state index contributed by atoms with van der Waals surface area (Å²) in [6.45, 7) is 9.40. The molecule has 606 valence electrons. The van der Waals surface area contributed by atoms with Gasteiger partial charge in [-0.1, -0.05) is 22.3 Å². The van der Waals surface area contributed by atoms with Crippen molar-refractivity contribution in [2.75, 3.05) is 93.9 Å². The molecule has 2 aliphatic carbocycles. The van der Waals surface area contributed by atoms with Crippen molar-refractivity contribution in [1.82, 2.24) is 30.2 Å². The SMILES string of the molecule is C.C.C.COC1=C(C)C(=O)C2=C(C1=O)[C@@H]1C3[C@@H]4SC[C@]5(NCCc6cc(O)c(OC)cc65)C(=O)OC[C@@H](c5c6c(c(C)c(OC(C)=O)c54)OCO6)N3[C@@H](C#N)[C@H](C2)N1C.COC1=C(C)C(=O)C2=C(C1=O)[C@@H]1C3[C@@H]4SC[C@]5(NCCc6cc(O)c(OC)cc65)C(=O)OC[C@@H](c5c6c(c(C)c(OC(C)=O)c54)OCO6)N3[C@@H](O)[C@H](C2)N1C. The number of piperazine rings is 2. The van der Waals surface area contributed by atoms with Crippen LogP contribution in [0.25, 0.3) is 0 Å². The van der Waals surface area contributed by atoms with Crippen LogP contribution in [0.5, 0.6) is 57.5 Å². The number of Topliss-reactive ketones (excluding diaryl/α,β-unsaturated/α-hetero) is 4. The number of carbonyl (C=O) groups is 8. The maximum absolute atomic E-state index is 14.7. The van der Waals surface area contributed by atoms with Crippen molar-refractivity contribution in [3.8, 4) is 63.6 Å². The number of nitrogens with one attached hydrogen (secondary N) is 2. The topological polar surface area (TPSA) is 369 Å². The van der Waals surface area contributed by atoms with Crippen molar-refractivity contribution in [2.45, 2.75) is 172 Å². The zero-order valence-electron chi connectivity index (χ0n) is 62.8. The molecule has 5 N–H and O–H groups in total. The zero-order valence-corrected chi connectivity index (χ0v) is 64.4. The molecule has 14 aliphatic heterocycles. The number of rotatable bonds is 6. The van der Waals surface area contributed by atoms with Gasteiger partial charge >= 0.3 is 23.9 Å². The number of hydrogen-bond acceptors (Lipinski definition) is 32. The van der Waals surface area contributed by atoms with E-state index in [1.54, 1.807) is 52.0 Å². The van der Waals surface area contributed by atoms with Gasteiger partial charge in [-0.15, -0.1) is 23.5 Å². The molecule has 16 aliphatic rings. The smallest absolute Gasteiger partial charge is 0.331 e. The molecule has 8 bridgehead atoms. The second kappa shape index (κ2) is 29.5. The summed E-state index contributed by atoms with van der Waals surface area (Å²) in [5, 5.41) is 50.6. The number of phenols is 2. The van der Waals surface area contributed by atoms with E-state index >= 15 is 0 Å². The summed E-state index contributed by atoms with van der Waals surface area (Å²) in [4.78, 5) is 120. The first-order valence-corrected chi connectivity index (χ1v) is 38.7. The van der Waals surface area contributed by atoms with E-state index in [1.807, 2.05) is 33.7 Å². The monoisotopic (exact) mass is 1610 g/mol. The first kappa shape index (κ1) is 80.9. The van der Waals surface area contributed by atoms with Gasteiger partial charge in [0, 0.05) is 123 Å². The van der Waals surface area contributed by atoms with Crippen molar-refractivity contribution in [1.29, 1.82) is 5.26 Å². The summed E-state index contributed by atoms with van der Waals surface area (Å²) in [5.74, 6) is -1.25. The highest BCUT2D eigenvalue weighted by molar-refractivity contribution is 7.99. The van der Waals surface area contributed by atoms with Crippen LogP contribution in [0, 0.1) is 25.2 Å². The lowest BCUT2D eigenvalue weighted by Gasteiger charge is -2.62. The van der Waals surface area contributed by atoms with Crippen molar-refractivity contribution < 1.29 is 111 Å². The maximum atomic E-state index is 14.7. The number of hydrogen-bond donors (Lipinski definition) is 5. The Kier molecular flexibility index (Phi) is 21.0. The first-order valence-electron chi connectivity index (χ1n) is 36.6. The first-order chi connectivity index (χ1) is 53.2. The molecule has 0 amide bonds. The van der Waals surface area contributed by atoms with Crippen LogP contribution in [0.15, 0.2) is 69.2 Å². The van der Waals surface area contributed by atoms with Gasteiger partial charge in [-0.3, -0.25) is 59.0 Å². The Labute approximate surface area is 667 Å². The summed E-state index contributed by atoms with van der Waals surface area (Å²) in [6.07, 6.45) is 0.0898. The lowest BCUT2D eigenvalue weighted by Crippen LogP contribution is -2.73. The summed E-state index contributed by atoms with van der Waals surface area (Å²) in [6, 6.07) is 2.36. The Morgan fingerprint density at radius 1 is 0.561 bits per heavy atom. The number of nitriles is 1. The highest BCUT2D eigenvalue weighted by Gasteiger charge is 2.66. The third kappa shape index (κ3) is 11.3. The van der Waals surface area contributed by atoms with E-state index in [4.69, 9.17) is 56.8 Å². The minimum absolute atomic E-state index is 0. The standard InChI is InChI=1S/C40H40N4O11S.C39H41N3O12S.3CH4/c1-16-32(47)20-10-22-23(12-41)44-24-13-52-39(49)40(21-11-26(50-5)25(46)9-19(21)7-8-42-40)14-56-38(31(44)30(43(22)4)27(20)33(48)35(16)51-6)29-28(24)37-36(53-15-54-37)17(2)34(29)55-18(3)45;1-15-30(45)19-10-21-37(47)42-22-12-51-38(48)39(20-11-24(49-5)23(44)9-18(20)7-8-40-39)13-55-36(29(42)28(41(21)4)25(19)31(46)33(15)50-6)27-26(22)35-34(52-14-53-35)16(2)32(27)54-17(3)43;;;/h9,11,22-24,30-31,38,42,46H,7-8,10,13-15H2,1-6H3;9,11,21-22,28-29,36-37,40,44,47H,7-8,10,12-14H2,1-6H3;3*1H4/t22-,23-,24-,30+,31?,38+,40+;21-,22-,28+,29?,36+,37-,39+;;;/m00.../s1. The summed E-state index contributed by atoms with van der Waals surface area (Å²) < 4.78 is 71.3. The highest BCUT2D eigenvalue weighted by Crippen LogP contribution is 2.66. The largest absolute Gasteiger partial charge is 0.504 e. The van der Waals surface area contributed by atoms with Crippen molar-refractivity contribution in [3.63, 3.8) is 0 Å². The van der Waals surface area contributed by atoms with Gasteiger partial charge in [-0.05, 0) is 114 Å². The van der Waals surface area contributed by atoms with E-state index in [1.165, 1.54) is 65.8 Å². The molecule has 32 heteroatoms. The van der Waals surface area contributed by atoms with E-state index in [0.29, 0.717) is 110 Å². The number of phenolic OH excluding ortho intramolecular Hbond substituents is 2. The van der Waals surface area contributed by atoms with Crippen LogP contribution in [0.1, 0.15) is 141 Å². The third-order valence-corrected chi connectivity index (χ3v) is 27.9. The molecule has 2 spiro atoms. The van der Waals surface area contributed by atoms with E-state index < -0.39 is 118 Å². The fraction of sp³-hybridized carbons (Fsp3) is 0.500. The molecule has 4 aromatic rings. The predicted molar refractivity (Wildman–Crippen MR) is 411 cm³/mol. The van der Waals surface area contributed by atoms with E-state index in [-0.39, 0.29) is 148 Å². The van der Waals surface area contributed by atoms with Crippen LogP contribution in [0.4, 0.5) is 0 Å². The van der Waals surface area contributed by atoms with Gasteiger partial charge < -0.3 is 72.2 Å². The molecule has 0 radical (unpaired) electrons. The van der Waals surface area contributed by atoms with Crippen LogP contribution in [-0.2, 0) is 81.2 Å². The number of ketones is 4. The van der Waals surface area contributed by atoms with Gasteiger partial charge in [0.2, 0.25) is 25.2 Å². The molecule has 0 saturated carbocycles. The number of esters is 4. The Balaban J connectivity index is 0.000000184. The van der Waals surface area contributed by atoms with Crippen LogP contribution >= 0.6 is 23.5 Å². The molecular formula is C82H93N7O23S2. The van der Waals surface area contributed by atoms with Gasteiger partial charge in [0.15, 0.2) is 80.2 Å². The average molecular weight is 1610 g/mol. The van der Waals surface area contributed by atoms with Crippen LogP contribution in [0.3, 0.4) is 0 Å². The number of likely N-dealkylation sites (N-methyl/N-ethyl adjacent to an activating group) is 2. The number of methoxy groups -OCH3 is 4. The molecule has 30 nitrogen and oxygen atoms in total. The Bertz CT molecular complexity index is 5080. The van der Waals surface area contributed by atoms with E-state index in [9.17, 15) is 58.9 Å². The van der Waals surface area contributed by atoms with Crippen LogP contribution in [0.2, 0.25) is 0 Å². The third-order valence-electron chi connectivity index (χ3n) is 25.0. The van der Waals surface area contributed by atoms with E-state index in [2.05, 4.69) is 16.7 Å². The fourth-order valence-corrected chi connectivity index (χ4v) is 23.6. The highest BCUT2D eigenvalue weighted by atomic mass is 32.2. The Morgan fingerprint density at radius 2 is 0.965 bits per heavy atom. The number of aromatic hydroxyl groups is 2. The number of fused-ring (bicyclic) bond motifs is 16. The fourth-order valence-electron chi connectivity index (χ4n) is 20.2. The van der Waals surface area contributed by atoms with Crippen LogP contribution in [-0.4, -0.2) is 224 Å². The summed E-state index contributed by atoms with van der Waals surface area (Å²) in [5.41, 5.74) is 4.88. The summed E-state index contributed by atoms with van der Waals surface area (Å²) in [7, 11) is 9.32. The summed E-state index contributed by atoms with van der Waals surface area (Å²) >= 11 is 2.76. The number of carbonyl (C=O) groups excluding carboxylic acids is 8. The van der Waals surface area contributed by atoms with Crippen molar-refractivity contribution >= 4 is 70.5 Å². The second-order valence-corrected chi connectivity index (χ2v) is 32.4. The number of ether oxygens (including phenoxy) is 12.